The first-order valence-corrected chi connectivity index (χ1v) is 6.56. The van der Waals surface area contributed by atoms with Crippen molar-refractivity contribution in [1.82, 2.24) is 5.32 Å². The Kier molecular flexibility index (Phi) is 5.00. The van der Waals surface area contributed by atoms with E-state index in [-0.39, 0.29) is 11.9 Å². The highest BCUT2D eigenvalue weighted by Gasteiger charge is 2.14. The molecular formula is C13H19BrN2O. The number of hydrogen-bond acceptors (Lipinski definition) is 2. The second kappa shape index (κ2) is 6.05. The Labute approximate surface area is 111 Å². The standard InChI is InChI=1S/C13H19BrN2O/c1-8(2)7-9(3)16-13(17)10-5-4-6-11(15)12(10)14/h4-6,8-9H,7,15H2,1-3H3,(H,16,17). The van der Waals surface area contributed by atoms with Crippen molar-refractivity contribution < 1.29 is 4.79 Å². The summed E-state index contributed by atoms with van der Waals surface area (Å²) in [7, 11) is 0. The summed E-state index contributed by atoms with van der Waals surface area (Å²) < 4.78 is 0.661. The molecule has 1 rings (SSSR count). The summed E-state index contributed by atoms with van der Waals surface area (Å²) in [6.45, 7) is 6.29. The molecule has 4 heteroatoms. The summed E-state index contributed by atoms with van der Waals surface area (Å²) in [4.78, 5) is 12.0. The van der Waals surface area contributed by atoms with Crippen molar-refractivity contribution in [3.8, 4) is 0 Å². The van der Waals surface area contributed by atoms with Crippen LogP contribution in [0.15, 0.2) is 22.7 Å². The maximum absolute atomic E-state index is 12.0. The summed E-state index contributed by atoms with van der Waals surface area (Å²) in [5.41, 5.74) is 6.90. The monoisotopic (exact) mass is 298 g/mol. The first kappa shape index (κ1) is 14.0. The molecule has 3 N–H and O–H groups in total. The highest BCUT2D eigenvalue weighted by atomic mass is 79.9. The van der Waals surface area contributed by atoms with E-state index < -0.39 is 0 Å². The number of carbonyl (C=O) groups is 1. The van der Waals surface area contributed by atoms with Crippen LogP contribution in [-0.4, -0.2) is 11.9 Å². The van der Waals surface area contributed by atoms with Gasteiger partial charge in [-0.05, 0) is 47.3 Å². The Bertz CT molecular complexity index is 404. The van der Waals surface area contributed by atoms with Gasteiger partial charge in [-0.15, -0.1) is 0 Å². The van der Waals surface area contributed by atoms with Crippen molar-refractivity contribution in [3.05, 3.63) is 28.2 Å². The van der Waals surface area contributed by atoms with Crippen molar-refractivity contribution in [2.24, 2.45) is 5.92 Å². The molecule has 0 bridgehead atoms. The zero-order valence-electron chi connectivity index (χ0n) is 10.5. The Balaban J connectivity index is 2.73. The van der Waals surface area contributed by atoms with E-state index in [2.05, 4.69) is 35.1 Å². The Morgan fingerprint density at radius 2 is 2.06 bits per heavy atom. The molecule has 1 amide bonds. The van der Waals surface area contributed by atoms with Gasteiger partial charge in [0.15, 0.2) is 0 Å². The molecule has 3 nitrogen and oxygen atoms in total. The minimum Gasteiger partial charge on any atom is -0.398 e. The average molecular weight is 299 g/mol. The second-order valence-corrected chi connectivity index (χ2v) is 5.51. The molecular weight excluding hydrogens is 280 g/mol. The first-order valence-electron chi connectivity index (χ1n) is 5.76. The molecule has 0 fully saturated rings. The molecule has 0 radical (unpaired) electrons. The van der Waals surface area contributed by atoms with Crippen molar-refractivity contribution >= 4 is 27.5 Å². The highest BCUT2D eigenvalue weighted by molar-refractivity contribution is 9.10. The van der Waals surface area contributed by atoms with Crippen LogP contribution in [-0.2, 0) is 0 Å². The van der Waals surface area contributed by atoms with E-state index in [9.17, 15) is 4.79 Å². The van der Waals surface area contributed by atoms with E-state index >= 15 is 0 Å². The molecule has 0 spiro atoms. The van der Waals surface area contributed by atoms with Crippen LogP contribution >= 0.6 is 15.9 Å². The fraction of sp³-hybridized carbons (Fsp3) is 0.462. The molecule has 0 saturated heterocycles. The molecule has 0 aromatic heterocycles. The van der Waals surface area contributed by atoms with Gasteiger partial charge in [0, 0.05) is 11.7 Å². The molecule has 0 saturated carbocycles. The smallest absolute Gasteiger partial charge is 0.252 e. The van der Waals surface area contributed by atoms with Crippen LogP contribution in [0.25, 0.3) is 0 Å². The minimum atomic E-state index is -0.0858. The quantitative estimate of drug-likeness (QED) is 0.839. The molecule has 0 aliphatic rings. The average Bonchev–Trinajstić information content (AvgIpc) is 2.20. The van der Waals surface area contributed by atoms with E-state index in [1.165, 1.54) is 0 Å². The van der Waals surface area contributed by atoms with E-state index in [4.69, 9.17) is 5.73 Å². The molecule has 17 heavy (non-hydrogen) atoms. The first-order chi connectivity index (χ1) is 7.91. The number of carbonyl (C=O) groups excluding carboxylic acids is 1. The van der Waals surface area contributed by atoms with Crippen molar-refractivity contribution in [2.75, 3.05) is 5.73 Å². The van der Waals surface area contributed by atoms with E-state index in [1.54, 1.807) is 18.2 Å². The van der Waals surface area contributed by atoms with Gasteiger partial charge in [0.1, 0.15) is 0 Å². The number of nitrogens with two attached hydrogens (primary N) is 1. The SMILES string of the molecule is CC(C)CC(C)NC(=O)c1cccc(N)c1Br. The number of hydrogen-bond donors (Lipinski definition) is 2. The molecule has 94 valence electrons. The van der Waals surface area contributed by atoms with Crippen LogP contribution in [0.3, 0.4) is 0 Å². The van der Waals surface area contributed by atoms with Crippen LogP contribution in [0, 0.1) is 5.92 Å². The van der Waals surface area contributed by atoms with Crippen LogP contribution in [0.5, 0.6) is 0 Å². The van der Waals surface area contributed by atoms with Gasteiger partial charge in [0.2, 0.25) is 0 Å². The van der Waals surface area contributed by atoms with E-state index in [0.29, 0.717) is 21.6 Å². The number of nitrogen functional groups attached to an aromatic ring is 1. The lowest BCUT2D eigenvalue weighted by Crippen LogP contribution is -2.33. The van der Waals surface area contributed by atoms with Crippen molar-refractivity contribution in [1.29, 1.82) is 0 Å². The predicted molar refractivity (Wildman–Crippen MR) is 74.9 cm³/mol. The van der Waals surface area contributed by atoms with Gasteiger partial charge in [0.25, 0.3) is 5.91 Å². The lowest BCUT2D eigenvalue weighted by molar-refractivity contribution is 0.0935. The summed E-state index contributed by atoms with van der Waals surface area (Å²) in [6, 6.07) is 5.47. The summed E-state index contributed by atoms with van der Waals surface area (Å²) in [5.74, 6) is 0.479. The van der Waals surface area contributed by atoms with Gasteiger partial charge in [0.05, 0.1) is 10.0 Å². The zero-order valence-corrected chi connectivity index (χ0v) is 12.0. The Hall–Kier alpha value is -1.03. The van der Waals surface area contributed by atoms with Gasteiger partial charge in [-0.1, -0.05) is 19.9 Å². The Morgan fingerprint density at radius 3 is 2.65 bits per heavy atom. The summed E-state index contributed by atoms with van der Waals surface area (Å²) in [6.07, 6.45) is 0.964. The second-order valence-electron chi connectivity index (χ2n) is 4.71. The maximum Gasteiger partial charge on any atom is 0.252 e. The molecule has 1 aromatic carbocycles. The largest absolute Gasteiger partial charge is 0.398 e. The topological polar surface area (TPSA) is 55.1 Å². The van der Waals surface area contributed by atoms with Gasteiger partial charge in [-0.2, -0.15) is 0 Å². The summed E-state index contributed by atoms with van der Waals surface area (Å²) >= 11 is 3.34. The molecule has 0 aliphatic heterocycles. The van der Waals surface area contributed by atoms with Crippen LogP contribution in [0.4, 0.5) is 5.69 Å². The zero-order chi connectivity index (χ0) is 13.0. The lowest BCUT2D eigenvalue weighted by atomic mass is 10.0. The third kappa shape index (κ3) is 4.04. The Morgan fingerprint density at radius 1 is 1.41 bits per heavy atom. The molecule has 1 unspecified atom stereocenters. The number of halogens is 1. The number of nitrogens with one attached hydrogen (secondary N) is 1. The van der Waals surface area contributed by atoms with Crippen LogP contribution in [0.1, 0.15) is 37.6 Å². The third-order valence-corrected chi connectivity index (χ3v) is 3.36. The normalized spacial score (nSPS) is 12.5. The number of amides is 1. The predicted octanol–water partition coefficient (Wildman–Crippen LogP) is 3.20. The van der Waals surface area contributed by atoms with Crippen molar-refractivity contribution in [3.63, 3.8) is 0 Å². The molecule has 0 heterocycles. The van der Waals surface area contributed by atoms with Gasteiger partial charge >= 0.3 is 0 Å². The molecule has 1 aromatic rings. The van der Waals surface area contributed by atoms with Crippen molar-refractivity contribution in [2.45, 2.75) is 33.2 Å². The summed E-state index contributed by atoms with van der Waals surface area (Å²) in [5, 5.41) is 2.97. The number of benzene rings is 1. The van der Waals surface area contributed by atoms with Crippen LogP contribution in [0.2, 0.25) is 0 Å². The fourth-order valence-electron chi connectivity index (χ4n) is 1.79. The fourth-order valence-corrected chi connectivity index (χ4v) is 2.24. The molecule has 1 atom stereocenters. The van der Waals surface area contributed by atoms with Crippen LogP contribution < -0.4 is 11.1 Å². The highest BCUT2D eigenvalue weighted by Crippen LogP contribution is 2.23. The lowest BCUT2D eigenvalue weighted by Gasteiger charge is -2.16. The molecule has 0 aliphatic carbocycles. The van der Waals surface area contributed by atoms with E-state index in [0.717, 1.165) is 6.42 Å². The van der Waals surface area contributed by atoms with Gasteiger partial charge < -0.3 is 11.1 Å². The third-order valence-electron chi connectivity index (χ3n) is 2.48. The maximum atomic E-state index is 12.0. The number of anilines is 1. The minimum absolute atomic E-state index is 0.0858. The van der Waals surface area contributed by atoms with E-state index in [1.807, 2.05) is 6.92 Å². The van der Waals surface area contributed by atoms with Gasteiger partial charge in [-0.3, -0.25) is 4.79 Å². The number of rotatable bonds is 4. The van der Waals surface area contributed by atoms with Gasteiger partial charge in [-0.25, -0.2) is 0 Å².